The van der Waals surface area contributed by atoms with E-state index in [1.807, 2.05) is 13.8 Å². The van der Waals surface area contributed by atoms with Gasteiger partial charge in [-0.2, -0.15) is 0 Å². The maximum Gasteiger partial charge on any atom is 0.409 e. The largest absolute Gasteiger partial charge is 0.449 e. The van der Waals surface area contributed by atoms with Gasteiger partial charge in [0.2, 0.25) is 5.91 Å². The molecule has 2 amide bonds. The van der Waals surface area contributed by atoms with Crippen molar-refractivity contribution in [1.29, 1.82) is 0 Å². The first kappa shape index (κ1) is 20.4. The van der Waals surface area contributed by atoms with Crippen molar-refractivity contribution in [2.75, 3.05) is 32.8 Å². The van der Waals surface area contributed by atoms with E-state index in [1.54, 1.807) is 21.9 Å². The zero-order chi connectivity index (χ0) is 19.1. The van der Waals surface area contributed by atoms with Gasteiger partial charge in [-0.25, -0.2) is 9.18 Å². The fraction of sp³-hybridized carbons (Fsp3) is 0.474. The lowest BCUT2D eigenvalue weighted by molar-refractivity contribution is -0.125. The normalized spacial score (nSPS) is 15.4. The number of halogens is 2. The van der Waals surface area contributed by atoms with Crippen molar-refractivity contribution in [2.24, 2.45) is 5.92 Å². The number of ether oxygens (including phenoxy) is 1. The Labute approximate surface area is 161 Å². The average Bonchev–Trinajstić information content (AvgIpc) is 2.86. The predicted molar refractivity (Wildman–Crippen MR) is 102 cm³/mol. The number of nitrogens with zero attached hydrogens (tertiary/aromatic N) is 2. The molecule has 1 aliphatic rings. The van der Waals surface area contributed by atoms with Crippen molar-refractivity contribution in [3.05, 3.63) is 40.1 Å². The van der Waals surface area contributed by atoms with E-state index in [1.165, 1.54) is 18.2 Å². The summed E-state index contributed by atoms with van der Waals surface area (Å²) in [4.78, 5) is 27.7. The highest BCUT2D eigenvalue weighted by atomic mass is 79.9. The topological polar surface area (TPSA) is 49.9 Å². The molecule has 142 valence electrons. The number of amides is 2. The van der Waals surface area contributed by atoms with Gasteiger partial charge in [0.1, 0.15) is 5.82 Å². The number of carbonyl (C=O) groups excluding carboxylic acids is 2. The van der Waals surface area contributed by atoms with Gasteiger partial charge in [-0.05, 0) is 36.6 Å². The van der Waals surface area contributed by atoms with Crippen molar-refractivity contribution in [1.82, 2.24) is 9.80 Å². The molecule has 26 heavy (non-hydrogen) atoms. The second-order valence-corrected chi connectivity index (χ2v) is 7.55. The van der Waals surface area contributed by atoms with Gasteiger partial charge in [0.05, 0.1) is 6.61 Å². The van der Waals surface area contributed by atoms with Gasteiger partial charge in [-0.15, -0.1) is 0 Å². The van der Waals surface area contributed by atoms with Gasteiger partial charge in [0.15, 0.2) is 0 Å². The molecule has 0 radical (unpaired) electrons. The Hall–Kier alpha value is -1.89. The minimum atomic E-state index is -0.382. The van der Waals surface area contributed by atoms with Crippen LogP contribution in [0, 0.1) is 11.7 Å². The number of carbonyl (C=O) groups is 2. The Balaban J connectivity index is 1.91. The molecule has 2 rings (SSSR count). The summed E-state index contributed by atoms with van der Waals surface area (Å²) in [7, 11) is 0. The molecule has 0 bridgehead atoms. The van der Waals surface area contributed by atoms with Crippen LogP contribution in [0.3, 0.4) is 0 Å². The molecular weight excluding hydrogens is 403 g/mol. The third kappa shape index (κ3) is 6.12. The fourth-order valence-electron chi connectivity index (χ4n) is 2.56. The summed E-state index contributed by atoms with van der Waals surface area (Å²) in [6.07, 6.45) is 3.20. The second-order valence-electron chi connectivity index (χ2n) is 6.64. The number of rotatable bonds is 4. The van der Waals surface area contributed by atoms with Crippen molar-refractivity contribution >= 4 is 34.0 Å². The molecule has 0 unspecified atom stereocenters. The van der Waals surface area contributed by atoms with E-state index in [2.05, 4.69) is 15.9 Å². The zero-order valence-corrected chi connectivity index (χ0v) is 16.7. The molecule has 0 aromatic heterocycles. The van der Waals surface area contributed by atoms with Crippen LogP contribution in [0.4, 0.5) is 9.18 Å². The number of hydrogen-bond acceptors (Lipinski definition) is 3. The summed E-state index contributed by atoms with van der Waals surface area (Å²) in [6.45, 7) is 6.33. The molecule has 0 atom stereocenters. The fourth-order valence-corrected chi connectivity index (χ4v) is 2.94. The van der Waals surface area contributed by atoms with Crippen molar-refractivity contribution < 1.29 is 18.7 Å². The Morgan fingerprint density at radius 2 is 1.92 bits per heavy atom. The molecule has 1 heterocycles. The predicted octanol–water partition coefficient (Wildman–Crippen LogP) is 3.93. The minimum Gasteiger partial charge on any atom is -0.449 e. The molecule has 0 N–H and O–H groups in total. The van der Waals surface area contributed by atoms with Crippen LogP contribution in [0.5, 0.6) is 0 Å². The van der Waals surface area contributed by atoms with Crippen LogP contribution in [0.25, 0.3) is 6.08 Å². The van der Waals surface area contributed by atoms with Gasteiger partial charge in [0, 0.05) is 42.3 Å². The van der Waals surface area contributed by atoms with Gasteiger partial charge < -0.3 is 14.5 Å². The molecule has 1 aromatic carbocycles. The Morgan fingerprint density at radius 1 is 1.23 bits per heavy atom. The lowest BCUT2D eigenvalue weighted by Crippen LogP contribution is -2.37. The molecule has 0 aliphatic carbocycles. The summed E-state index contributed by atoms with van der Waals surface area (Å²) in [5, 5.41) is 0. The summed E-state index contributed by atoms with van der Waals surface area (Å²) in [6, 6.07) is 4.57. The SMILES string of the molecule is CC(C)COC(=O)N1CCCN(C(=O)C=Cc2cc(Br)ccc2F)CC1. The molecule has 7 heteroatoms. The molecule has 1 fully saturated rings. The molecule has 0 spiro atoms. The molecule has 1 saturated heterocycles. The van der Waals surface area contributed by atoms with E-state index in [9.17, 15) is 14.0 Å². The van der Waals surface area contributed by atoms with Gasteiger partial charge in [-0.3, -0.25) is 4.79 Å². The van der Waals surface area contributed by atoms with Crippen LogP contribution in [0.1, 0.15) is 25.8 Å². The Morgan fingerprint density at radius 3 is 2.65 bits per heavy atom. The van der Waals surface area contributed by atoms with Crippen LogP contribution in [0.15, 0.2) is 28.7 Å². The molecule has 0 saturated carbocycles. The highest BCUT2D eigenvalue weighted by Crippen LogP contribution is 2.17. The summed E-state index contributed by atoms with van der Waals surface area (Å²) < 4.78 is 19.7. The summed E-state index contributed by atoms with van der Waals surface area (Å²) in [5.74, 6) is -0.290. The summed E-state index contributed by atoms with van der Waals surface area (Å²) in [5.41, 5.74) is 0.349. The van der Waals surface area contributed by atoms with Crippen molar-refractivity contribution in [3.8, 4) is 0 Å². The molecule has 1 aliphatic heterocycles. The number of hydrogen-bond donors (Lipinski definition) is 0. The third-order valence-corrected chi connectivity index (χ3v) is 4.46. The van der Waals surface area contributed by atoms with E-state index in [4.69, 9.17) is 4.74 Å². The third-order valence-electron chi connectivity index (χ3n) is 3.97. The van der Waals surface area contributed by atoms with E-state index in [0.29, 0.717) is 44.8 Å². The first-order valence-corrected chi connectivity index (χ1v) is 9.50. The maximum atomic E-state index is 13.7. The lowest BCUT2D eigenvalue weighted by Gasteiger charge is -2.21. The van der Waals surface area contributed by atoms with Crippen LogP contribution in [-0.4, -0.2) is 54.6 Å². The lowest BCUT2D eigenvalue weighted by atomic mass is 10.2. The first-order chi connectivity index (χ1) is 12.4. The minimum absolute atomic E-state index is 0.193. The van der Waals surface area contributed by atoms with Gasteiger partial charge in [-0.1, -0.05) is 29.8 Å². The average molecular weight is 427 g/mol. The van der Waals surface area contributed by atoms with Crippen LogP contribution in [0.2, 0.25) is 0 Å². The van der Waals surface area contributed by atoms with Crippen molar-refractivity contribution in [3.63, 3.8) is 0 Å². The monoisotopic (exact) mass is 426 g/mol. The van der Waals surface area contributed by atoms with E-state index in [0.717, 1.165) is 4.47 Å². The highest BCUT2D eigenvalue weighted by molar-refractivity contribution is 9.10. The molecule has 1 aromatic rings. The standard InChI is InChI=1S/C19H24BrFN2O3/c1-14(2)13-26-19(25)23-9-3-8-22(10-11-23)18(24)7-4-15-12-16(20)5-6-17(15)21/h4-7,12,14H,3,8-11,13H2,1-2H3. The van der Waals surface area contributed by atoms with Crippen molar-refractivity contribution in [2.45, 2.75) is 20.3 Å². The second kappa shape index (κ2) is 9.71. The van der Waals surface area contributed by atoms with Crippen LogP contribution in [-0.2, 0) is 9.53 Å². The van der Waals surface area contributed by atoms with E-state index < -0.39 is 0 Å². The first-order valence-electron chi connectivity index (χ1n) is 8.70. The Kier molecular flexibility index (Phi) is 7.63. The van der Waals surface area contributed by atoms with E-state index in [-0.39, 0.29) is 23.7 Å². The van der Waals surface area contributed by atoms with Crippen LogP contribution < -0.4 is 0 Å². The van der Waals surface area contributed by atoms with Crippen LogP contribution >= 0.6 is 15.9 Å². The Bertz CT molecular complexity index is 679. The maximum absolute atomic E-state index is 13.7. The van der Waals surface area contributed by atoms with E-state index >= 15 is 0 Å². The zero-order valence-electron chi connectivity index (χ0n) is 15.1. The quantitative estimate of drug-likeness (QED) is 0.685. The molecular formula is C19H24BrFN2O3. The van der Waals surface area contributed by atoms with Gasteiger partial charge >= 0.3 is 6.09 Å². The summed E-state index contributed by atoms with van der Waals surface area (Å²) >= 11 is 3.29. The molecule has 5 nitrogen and oxygen atoms in total. The number of benzene rings is 1. The van der Waals surface area contributed by atoms with Gasteiger partial charge in [0.25, 0.3) is 0 Å². The highest BCUT2D eigenvalue weighted by Gasteiger charge is 2.22. The smallest absolute Gasteiger partial charge is 0.409 e.